The molecule has 0 amide bonds. The van der Waals surface area contributed by atoms with Gasteiger partial charge in [-0.25, -0.2) is 4.70 Å². The van der Waals surface area contributed by atoms with Gasteiger partial charge in [-0.2, -0.15) is 13.8 Å². The van der Waals surface area contributed by atoms with E-state index in [1.165, 1.54) is 184 Å². The minimum absolute atomic E-state index is 0. The SMILES string of the molecule is CCCCCCC1=C(c2cc(CCCCCC)c(CCCC)c(CCCCCC)c2)[N+](=[N-])C(c2cc(CCCCCC)c(CCCC)c(CCCCCC)c2)=C1.[CH2-]C.[CH2-]C.[Ni+2]. The van der Waals surface area contributed by atoms with E-state index in [9.17, 15) is 5.53 Å². The molecule has 3 rings (SSSR count). The first-order valence-corrected chi connectivity index (χ1v) is 26.1. The second-order valence-electron chi connectivity index (χ2n) is 17.5. The molecule has 1 aliphatic rings. The quantitative estimate of drug-likeness (QED) is 0.0295. The Hall–Kier alpha value is -1.99. The number of benzene rings is 2. The average molecular weight is 882 g/mol. The standard InChI is InChI=1S/C54H88N2.2C2H5.Ni/c1-8-15-22-27-32-44-39-49(40-45(33-28-23-16-9-2)51(44)37-20-13-6)53-43-48(36-31-26-19-12-5)54(56(53)55)50-41-46(34-29-24-17-10-3)52(38-21-14-7)47(42-50)35-30-25-18-11-4;2*1-2;/h39-43H,8-38H2,1-7H3;2*1H2,2H3;/q;2*-1;+2. The predicted octanol–water partition coefficient (Wildman–Crippen LogP) is 19.3. The van der Waals surface area contributed by atoms with E-state index < -0.39 is 0 Å². The van der Waals surface area contributed by atoms with Crippen molar-refractivity contribution in [3.63, 3.8) is 0 Å². The fourth-order valence-electron chi connectivity index (χ4n) is 9.09. The minimum atomic E-state index is 0. The number of hydrogen-bond acceptors (Lipinski definition) is 0. The number of hydrogen-bond donors (Lipinski definition) is 0. The van der Waals surface area contributed by atoms with Crippen molar-refractivity contribution in [2.45, 2.75) is 261 Å². The molecule has 0 bridgehead atoms. The molecule has 0 saturated heterocycles. The van der Waals surface area contributed by atoms with Crippen LogP contribution in [0, 0.1) is 13.8 Å². The van der Waals surface area contributed by atoms with Gasteiger partial charge in [-0.15, -0.1) is 0 Å². The van der Waals surface area contributed by atoms with Crippen LogP contribution in [-0.4, -0.2) is 4.70 Å². The third-order valence-electron chi connectivity index (χ3n) is 12.6. The Kier molecular flexibility index (Phi) is 37.2. The molecule has 0 N–H and O–H groups in total. The van der Waals surface area contributed by atoms with E-state index in [-0.39, 0.29) is 16.5 Å². The Morgan fingerprint density at radius 3 is 0.984 bits per heavy atom. The zero-order chi connectivity index (χ0) is 44.4. The first-order valence-electron chi connectivity index (χ1n) is 26.1. The average Bonchev–Trinajstić information content (AvgIpc) is 3.61. The number of unbranched alkanes of at least 4 members (excludes halogenated alkanes) is 17. The summed E-state index contributed by atoms with van der Waals surface area (Å²) in [5, 5.41) is 0. The summed E-state index contributed by atoms with van der Waals surface area (Å²) in [5.74, 6) is 0. The summed E-state index contributed by atoms with van der Waals surface area (Å²) in [4.78, 5) is 0. The maximum atomic E-state index is 12.6. The Bertz CT molecular complexity index is 1410. The maximum absolute atomic E-state index is 12.6. The van der Waals surface area contributed by atoms with Gasteiger partial charge in [-0.3, -0.25) is 0 Å². The Balaban J connectivity index is 0.00000698. The van der Waals surface area contributed by atoms with Crippen molar-refractivity contribution in [2.75, 3.05) is 0 Å². The molecule has 0 spiro atoms. The van der Waals surface area contributed by atoms with Gasteiger partial charge < -0.3 is 19.4 Å². The monoisotopic (exact) mass is 881 g/mol. The number of aryl methyl sites for hydroxylation is 4. The van der Waals surface area contributed by atoms with Crippen molar-refractivity contribution in [1.82, 2.24) is 0 Å². The van der Waals surface area contributed by atoms with Crippen molar-refractivity contribution < 1.29 is 21.2 Å². The third kappa shape index (κ3) is 21.5. The Morgan fingerprint density at radius 2 is 0.672 bits per heavy atom. The van der Waals surface area contributed by atoms with Crippen LogP contribution in [0.3, 0.4) is 0 Å². The van der Waals surface area contributed by atoms with Crippen molar-refractivity contribution in [1.29, 1.82) is 0 Å². The van der Waals surface area contributed by atoms with E-state index in [1.54, 1.807) is 51.9 Å². The first-order chi connectivity index (χ1) is 29.5. The summed E-state index contributed by atoms with van der Waals surface area (Å²) in [7, 11) is 0. The van der Waals surface area contributed by atoms with Gasteiger partial charge in [0.25, 0.3) is 0 Å². The van der Waals surface area contributed by atoms with E-state index in [1.807, 2.05) is 0 Å². The van der Waals surface area contributed by atoms with Crippen molar-refractivity contribution in [3.05, 3.63) is 99.8 Å². The van der Waals surface area contributed by atoms with Crippen LogP contribution < -0.4 is 0 Å². The molecular formula is C58H98N2Ni. The fraction of sp³-hybridized carbons (Fsp3) is 0.690. The second-order valence-corrected chi connectivity index (χ2v) is 17.5. The van der Waals surface area contributed by atoms with Crippen LogP contribution in [0.25, 0.3) is 16.9 Å². The molecule has 61 heavy (non-hydrogen) atoms. The third-order valence-corrected chi connectivity index (χ3v) is 12.6. The summed E-state index contributed by atoms with van der Waals surface area (Å²) in [5.41, 5.74) is 27.9. The van der Waals surface area contributed by atoms with Crippen LogP contribution in [-0.2, 0) is 55.0 Å². The first kappa shape index (κ1) is 59.0. The normalized spacial score (nSPS) is 12.2. The van der Waals surface area contributed by atoms with Crippen LogP contribution >= 0.6 is 0 Å². The number of nitrogens with zero attached hydrogens (tertiary/aromatic N) is 2. The van der Waals surface area contributed by atoms with Gasteiger partial charge in [0.2, 0.25) is 11.4 Å². The fourth-order valence-corrected chi connectivity index (χ4v) is 9.09. The van der Waals surface area contributed by atoms with Crippen molar-refractivity contribution in [2.24, 2.45) is 0 Å². The molecule has 0 fully saturated rings. The van der Waals surface area contributed by atoms with Crippen LogP contribution in [0.1, 0.15) is 267 Å². The van der Waals surface area contributed by atoms with Crippen LogP contribution in [0.5, 0.6) is 0 Å². The number of rotatable bonds is 33. The number of allylic oxidation sites excluding steroid dienone is 2. The Labute approximate surface area is 391 Å². The van der Waals surface area contributed by atoms with Crippen molar-refractivity contribution in [3.8, 4) is 0 Å². The molecule has 1 heterocycles. The van der Waals surface area contributed by atoms with Gasteiger partial charge in [0.15, 0.2) is 0 Å². The van der Waals surface area contributed by atoms with Gasteiger partial charge in [0, 0.05) is 22.8 Å². The van der Waals surface area contributed by atoms with E-state index in [4.69, 9.17) is 0 Å². The summed E-state index contributed by atoms with van der Waals surface area (Å²) in [6.45, 7) is 26.3. The molecule has 0 atom stereocenters. The second kappa shape index (κ2) is 38.5. The van der Waals surface area contributed by atoms with Gasteiger partial charge in [0.1, 0.15) is 0 Å². The summed E-state index contributed by atoms with van der Waals surface area (Å²) >= 11 is 0. The van der Waals surface area contributed by atoms with Crippen LogP contribution in [0.15, 0.2) is 35.9 Å². The van der Waals surface area contributed by atoms with E-state index in [2.05, 4.69) is 92.7 Å². The zero-order valence-corrected chi connectivity index (χ0v) is 42.9. The maximum Gasteiger partial charge on any atom is 2.00 e. The molecule has 0 saturated carbocycles. The van der Waals surface area contributed by atoms with Gasteiger partial charge >= 0.3 is 16.5 Å². The smallest absolute Gasteiger partial charge is 0.493 e. The van der Waals surface area contributed by atoms with E-state index >= 15 is 0 Å². The van der Waals surface area contributed by atoms with Crippen molar-refractivity contribution >= 4 is 11.4 Å². The zero-order valence-electron chi connectivity index (χ0n) is 41.9. The van der Waals surface area contributed by atoms with E-state index in [0.717, 1.165) is 43.5 Å². The molecule has 3 heteroatoms. The molecule has 350 valence electrons. The molecule has 2 nitrogen and oxygen atoms in total. The van der Waals surface area contributed by atoms with Gasteiger partial charge in [0.05, 0.1) is 0 Å². The van der Waals surface area contributed by atoms with E-state index in [0.29, 0.717) is 0 Å². The van der Waals surface area contributed by atoms with Crippen LogP contribution in [0.2, 0.25) is 0 Å². The Morgan fingerprint density at radius 1 is 0.377 bits per heavy atom. The summed E-state index contributed by atoms with van der Waals surface area (Å²) in [6.07, 6.45) is 40.9. The van der Waals surface area contributed by atoms with Crippen LogP contribution in [0.4, 0.5) is 0 Å². The molecule has 1 aliphatic heterocycles. The topological polar surface area (TPSA) is 25.3 Å². The minimum Gasteiger partial charge on any atom is -0.493 e. The summed E-state index contributed by atoms with van der Waals surface area (Å²) in [6, 6.07) is 10.1. The van der Waals surface area contributed by atoms with Gasteiger partial charge in [-0.05, 0) is 148 Å². The molecule has 0 aromatic heterocycles. The van der Waals surface area contributed by atoms with Gasteiger partial charge in [-0.1, -0.05) is 158 Å². The molecular weight excluding hydrogens is 783 g/mol. The molecule has 0 aliphatic carbocycles. The molecule has 0 radical (unpaired) electrons. The molecule has 2 aromatic rings. The summed E-state index contributed by atoms with van der Waals surface area (Å²) < 4.78 is 1.65. The largest absolute Gasteiger partial charge is 2.00 e. The molecule has 2 aromatic carbocycles. The predicted molar refractivity (Wildman–Crippen MR) is 271 cm³/mol. The molecule has 0 unspecified atom stereocenters.